The number of amides is 1. The number of carbonyl (C=O) groups is 1. The van der Waals surface area contributed by atoms with E-state index in [1.54, 1.807) is 17.2 Å². The van der Waals surface area contributed by atoms with Crippen molar-refractivity contribution in [3.05, 3.63) is 70.5 Å². The van der Waals surface area contributed by atoms with E-state index in [4.69, 9.17) is 16.0 Å². The quantitative estimate of drug-likeness (QED) is 0.403. The predicted octanol–water partition coefficient (Wildman–Crippen LogP) is 5.35. The maximum atomic E-state index is 15.4. The first-order valence-corrected chi connectivity index (χ1v) is 12.1. The van der Waals surface area contributed by atoms with Crippen LogP contribution in [0.2, 0.25) is 5.02 Å². The van der Waals surface area contributed by atoms with Crippen molar-refractivity contribution in [3.63, 3.8) is 0 Å². The van der Waals surface area contributed by atoms with Crippen LogP contribution >= 0.6 is 11.6 Å². The summed E-state index contributed by atoms with van der Waals surface area (Å²) in [6, 6.07) is 9.75. The number of hydrogen-bond acceptors (Lipinski definition) is 6. The van der Waals surface area contributed by atoms with Gasteiger partial charge in [-0.3, -0.25) is 9.69 Å². The zero-order chi connectivity index (χ0) is 24.5. The number of fused-ring (bicyclic) bond motifs is 1. The van der Waals surface area contributed by atoms with Crippen LogP contribution in [0, 0.1) is 12.7 Å². The third-order valence-corrected chi connectivity index (χ3v) is 6.52. The van der Waals surface area contributed by atoms with Crippen LogP contribution < -0.4 is 10.2 Å². The van der Waals surface area contributed by atoms with Crippen molar-refractivity contribution >= 4 is 34.1 Å². The summed E-state index contributed by atoms with van der Waals surface area (Å²) in [5, 5.41) is 13.6. The fourth-order valence-electron chi connectivity index (χ4n) is 4.59. The SMILES string of the molecule is CCc1nnc(-c2ccc(C(=O)N(c3nccc4cc(Cl)cc(C)c34)[C@@H]3CCCNC3)c(F)c2)o1. The van der Waals surface area contributed by atoms with Gasteiger partial charge < -0.3 is 9.73 Å². The van der Waals surface area contributed by atoms with Crippen LogP contribution in [0.25, 0.3) is 22.2 Å². The summed E-state index contributed by atoms with van der Waals surface area (Å²) in [5.41, 5.74) is 1.28. The minimum absolute atomic E-state index is 0.0417. The van der Waals surface area contributed by atoms with Crippen LogP contribution in [-0.2, 0) is 6.42 Å². The lowest BCUT2D eigenvalue weighted by molar-refractivity contribution is 0.0968. The highest BCUT2D eigenvalue weighted by atomic mass is 35.5. The maximum Gasteiger partial charge on any atom is 0.262 e. The molecule has 2 aromatic heterocycles. The number of aryl methyl sites for hydroxylation is 2. The minimum atomic E-state index is -0.655. The molecule has 0 spiro atoms. The van der Waals surface area contributed by atoms with Crippen LogP contribution in [0.5, 0.6) is 0 Å². The van der Waals surface area contributed by atoms with E-state index in [0.717, 1.165) is 35.7 Å². The van der Waals surface area contributed by atoms with Crippen molar-refractivity contribution in [1.29, 1.82) is 0 Å². The van der Waals surface area contributed by atoms with Gasteiger partial charge in [-0.2, -0.15) is 0 Å². The second-order valence-electron chi connectivity index (χ2n) is 8.68. The number of aromatic nitrogens is 3. The molecule has 2 aromatic carbocycles. The van der Waals surface area contributed by atoms with Gasteiger partial charge in [0.1, 0.15) is 11.6 Å². The number of carbonyl (C=O) groups excluding carboxylic acids is 1. The van der Waals surface area contributed by atoms with Crippen molar-refractivity contribution in [2.75, 3.05) is 18.0 Å². The Morgan fingerprint density at radius 3 is 2.83 bits per heavy atom. The van der Waals surface area contributed by atoms with E-state index in [1.165, 1.54) is 12.1 Å². The van der Waals surface area contributed by atoms with Gasteiger partial charge in [-0.15, -0.1) is 10.2 Å². The van der Waals surface area contributed by atoms with Gasteiger partial charge in [0.05, 0.1) is 11.6 Å². The van der Waals surface area contributed by atoms with Crippen LogP contribution in [0.3, 0.4) is 0 Å². The molecule has 0 bridgehead atoms. The van der Waals surface area contributed by atoms with Crippen molar-refractivity contribution in [1.82, 2.24) is 20.5 Å². The Balaban J connectivity index is 1.59. The summed E-state index contributed by atoms with van der Waals surface area (Å²) in [5.74, 6) is 0.0862. The number of nitrogens with one attached hydrogen (secondary N) is 1. The van der Waals surface area contributed by atoms with Crippen LogP contribution in [-0.4, -0.2) is 40.2 Å². The number of rotatable bonds is 5. The third-order valence-electron chi connectivity index (χ3n) is 6.30. The van der Waals surface area contributed by atoms with Gasteiger partial charge in [-0.25, -0.2) is 9.37 Å². The first-order chi connectivity index (χ1) is 17.0. The molecule has 1 aliphatic heterocycles. The number of nitrogens with zero attached hydrogens (tertiary/aromatic N) is 4. The van der Waals surface area contributed by atoms with Crippen molar-refractivity contribution in [2.24, 2.45) is 0 Å². The first-order valence-electron chi connectivity index (χ1n) is 11.7. The Bertz CT molecular complexity index is 1400. The van der Waals surface area contributed by atoms with E-state index in [1.807, 2.05) is 32.0 Å². The van der Waals surface area contributed by atoms with Crippen molar-refractivity contribution in [3.8, 4) is 11.5 Å². The molecule has 0 aliphatic carbocycles. The molecule has 5 rings (SSSR count). The largest absolute Gasteiger partial charge is 0.421 e. The number of hydrogen-bond donors (Lipinski definition) is 1. The summed E-state index contributed by atoms with van der Waals surface area (Å²) in [7, 11) is 0. The van der Waals surface area contributed by atoms with Gasteiger partial charge in [0.2, 0.25) is 11.8 Å². The molecule has 1 aliphatic rings. The molecule has 0 saturated carbocycles. The lowest BCUT2D eigenvalue weighted by Crippen LogP contribution is -2.49. The fourth-order valence-corrected chi connectivity index (χ4v) is 4.88. The topological polar surface area (TPSA) is 84.2 Å². The van der Waals surface area contributed by atoms with Gasteiger partial charge in [0, 0.05) is 35.1 Å². The van der Waals surface area contributed by atoms with E-state index in [2.05, 4.69) is 20.5 Å². The Hall–Kier alpha value is -3.36. The molecule has 1 N–H and O–H groups in total. The van der Waals surface area contributed by atoms with E-state index >= 15 is 4.39 Å². The zero-order valence-electron chi connectivity index (χ0n) is 19.5. The molecular weight excluding hydrogens is 469 g/mol. The number of benzene rings is 2. The normalized spacial score (nSPS) is 15.9. The first kappa shape index (κ1) is 23.4. The Morgan fingerprint density at radius 2 is 2.11 bits per heavy atom. The van der Waals surface area contributed by atoms with Gasteiger partial charge in [0.15, 0.2) is 0 Å². The Morgan fingerprint density at radius 1 is 1.26 bits per heavy atom. The lowest BCUT2D eigenvalue weighted by atomic mass is 10.0. The number of anilines is 1. The minimum Gasteiger partial charge on any atom is -0.421 e. The maximum absolute atomic E-state index is 15.4. The molecule has 35 heavy (non-hydrogen) atoms. The molecule has 1 amide bonds. The molecular formula is C26H25ClFN5O2. The highest BCUT2D eigenvalue weighted by molar-refractivity contribution is 6.31. The summed E-state index contributed by atoms with van der Waals surface area (Å²) in [6.45, 7) is 5.30. The van der Waals surface area contributed by atoms with Crippen LogP contribution in [0.1, 0.15) is 41.6 Å². The summed E-state index contributed by atoms with van der Waals surface area (Å²) in [4.78, 5) is 20.2. The summed E-state index contributed by atoms with van der Waals surface area (Å²) < 4.78 is 20.9. The van der Waals surface area contributed by atoms with E-state index < -0.39 is 11.7 Å². The second-order valence-corrected chi connectivity index (χ2v) is 9.12. The van der Waals surface area contributed by atoms with Gasteiger partial charge in [-0.05, 0) is 73.7 Å². The van der Waals surface area contributed by atoms with E-state index in [0.29, 0.717) is 35.3 Å². The number of pyridine rings is 1. The Labute approximate surface area is 207 Å². The van der Waals surface area contributed by atoms with Crippen LogP contribution in [0.4, 0.5) is 10.2 Å². The third kappa shape index (κ3) is 4.51. The summed E-state index contributed by atoms with van der Waals surface area (Å²) >= 11 is 6.28. The number of halogens is 2. The van der Waals surface area contributed by atoms with E-state index in [-0.39, 0.29) is 17.5 Å². The monoisotopic (exact) mass is 493 g/mol. The van der Waals surface area contributed by atoms with Gasteiger partial charge in [-0.1, -0.05) is 18.5 Å². The molecule has 1 saturated heterocycles. The average Bonchev–Trinajstić information content (AvgIpc) is 3.34. The number of piperidine rings is 1. The standard InChI is InChI=1S/C26H25ClFN5O2/c1-3-22-31-32-25(35-22)17-6-7-20(21(28)13-17)26(34)33(19-5-4-9-29-14-19)24-23-15(2)11-18(27)12-16(23)8-10-30-24/h6-8,10-13,19,29H,3-5,9,14H2,1-2H3/t19-/m1/s1. The molecule has 1 atom stereocenters. The predicted molar refractivity (Wildman–Crippen MR) is 133 cm³/mol. The Kier molecular flexibility index (Phi) is 6.49. The molecule has 9 heteroatoms. The van der Waals surface area contributed by atoms with Gasteiger partial charge >= 0.3 is 0 Å². The van der Waals surface area contributed by atoms with E-state index in [9.17, 15) is 4.79 Å². The molecule has 4 aromatic rings. The molecule has 3 heterocycles. The molecule has 7 nitrogen and oxygen atoms in total. The smallest absolute Gasteiger partial charge is 0.262 e. The summed E-state index contributed by atoms with van der Waals surface area (Å²) in [6.07, 6.45) is 3.93. The molecule has 0 unspecified atom stereocenters. The van der Waals surface area contributed by atoms with Crippen LogP contribution in [0.15, 0.2) is 47.0 Å². The van der Waals surface area contributed by atoms with Gasteiger partial charge in [0.25, 0.3) is 5.91 Å². The fraction of sp³-hybridized carbons (Fsp3) is 0.308. The molecule has 180 valence electrons. The lowest BCUT2D eigenvalue weighted by Gasteiger charge is -2.35. The van der Waals surface area contributed by atoms with Crippen molar-refractivity contribution in [2.45, 2.75) is 39.2 Å². The average molecular weight is 494 g/mol. The highest BCUT2D eigenvalue weighted by Gasteiger charge is 2.32. The van der Waals surface area contributed by atoms with Crippen molar-refractivity contribution < 1.29 is 13.6 Å². The second kappa shape index (κ2) is 9.71. The highest BCUT2D eigenvalue weighted by Crippen LogP contribution is 2.34. The molecule has 1 fully saturated rings. The molecule has 0 radical (unpaired) electrons. The zero-order valence-corrected chi connectivity index (χ0v) is 20.3.